The molecular weight excluding hydrogens is 366 g/mol. The SMILES string of the molecule is Cc1ncc(-c2cc(C3(c4ccccc4C(N)=O)COC3)c3cccnc3c2)o1. The summed E-state index contributed by atoms with van der Waals surface area (Å²) in [5.41, 5.74) is 9.34. The first-order chi connectivity index (χ1) is 14.1. The third kappa shape index (κ3) is 2.72. The minimum absolute atomic E-state index is 0.448. The molecule has 0 spiro atoms. The summed E-state index contributed by atoms with van der Waals surface area (Å²) >= 11 is 0. The maximum Gasteiger partial charge on any atom is 0.249 e. The summed E-state index contributed by atoms with van der Waals surface area (Å²) in [7, 11) is 0. The monoisotopic (exact) mass is 385 g/mol. The fourth-order valence-electron chi connectivity index (χ4n) is 4.09. The Morgan fingerprint density at radius 1 is 1.07 bits per heavy atom. The van der Waals surface area contributed by atoms with Gasteiger partial charge >= 0.3 is 0 Å². The van der Waals surface area contributed by atoms with Crippen LogP contribution in [0, 0.1) is 6.92 Å². The van der Waals surface area contributed by atoms with E-state index in [4.69, 9.17) is 14.9 Å². The molecule has 1 aliphatic rings. The van der Waals surface area contributed by atoms with Gasteiger partial charge in [0.05, 0.1) is 30.3 Å². The van der Waals surface area contributed by atoms with Crippen LogP contribution in [0.1, 0.15) is 27.4 Å². The number of pyridine rings is 1. The van der Waals surface area contributed by atoms with Gasteiger partial charge in [0.25, 0.3) is 0 Å². The molecule has 1 saturated heterocycles. The summed E-state index contributed by atoms with van der Waals surface area (Å²) in [5.74, 6) is 0.828. The Kier molecular flexibility index (Phi) is 3.96. The topological polar surface area (TPSA) is 91.2 Å². The zero-order chi connectivity index (χ0) is 20.0. The highest BCUT2D eigenvalue weighted by molar-refractivity contribution is 5.96. The number of benzene rings is 2. The average Bonchev–Trinajstić information content (AvgIpc) is 3.14. The Labute approximate surface area is 167 Å². The van der Waals surface area contributed by atoms with Gasteiger partial charge in [-0.2, -0.15) is 0 Å². The van der Waals surface area contributed by atoms with Crippen LogP contribution in [0.4, 0.5) is 0 Å². The molecule has 2 aromatic carbocycles. The van der Waals surface area contributed by atoms with Crippen LogP contribution in [0.3, 0.4) is 0 Å². The normalized spacial score (nSPS) is 15.2. The number of nitrogens with zero attached hydrogens (tertiary/aromatic N) is 2. The third-order valence-electron chi connectivity index (χ3n) is 5.55. The number of aryl methyl sites for hydroxylation is 1. The molecule has 0 bridgehead atoms. The van der Waals surface area contributed by atoms with Crippen molar-refractivity contribution in [2.75, 3.05) is 13.2 Å². The van der Waals surface area contributed by atoms with Crippen molar-refractivity contribution in [3.8, 4) is 11.3 Å². The molecule has 0 atom stereocenters. The van der Waals surface area contributed by atoms with Gasteiger partial charge in [0.2, 0.25) is 5.91 Å². The molecule has 1 fully saturated rings. The molecule has 0 unspecified atom stereocenters. The largest absolute Gasteiger partial charge is 0.441 e. The summed E-state index contributed by atoms with van der Waals surface area (Å²) in [6.45, 7) is 2.73. The number of ether oxygens (including phenoxy) is 1. The molecule has 144 valence electrons. The Morgan fingerprint density at radius 3 is 2.59 bits per heavy atom. The second kappa shape index (κ2) is 6.53. The van der Waals surface area contributed by atoms with Crippen LogP contribution in [0.5, 0.6) is 0 Å². The number of aromatic nitrogens is 2. The van der Waals surface area contributed by atoms with E-state index in [1.54, 1.807) is 18.5 Å². The molecule has 6 nitrogen and oxygen atoms in total. The standard InChI is InChI=1S/C23H19N3O3/c1-14-26-11-21(29-14)15-9-19(16-6-4-8-25-20(16)10-15)23(12-28-13-23)18-7-3-2-5-17(18)22(24)27/h2-11H,12-13H2,1H3,(H2,24,27). The van der Waals surface area contributed by atoms with Gasteiger partial charge in [0.15, 0.2) is 11.7 Å². The van der Waals surface area contributed by atoms with E-state index < -0.39 is 11.3 Å². The van der Waals surface area contributed by atoms with Crippen molar-refractivity contribution in [3.05, 3.63) is 83.5 Å². The van der Waals surface area contributed by atoms with Gasteiger partial charge in [0, 0.05) is 29.6 Å². The molecule has 5 rings (SSSR count). The lowest BCUT2D eigenvalue weighted by molar-refractivity contribution is -0.0375. The van der Waals surface area contributed by atoms with Gasteiger partial charge in [-0.15, -0.1) is 0 Å². The molecule has 0 radical (unpaired) electrons. The van der Waals surface area contributed by atoms with Crippen LogP contribution in [-0.4, -0.2) is 29.1 Å². The summed E-state index contributed by atoms with van der Waals surface area (Å²) in [6, 6.07) is 15.5. The number of hydrogen-bond acceptors (Lipinski definition) is 5. The molecule has 4 aromatic rings. The van der Waals surface area contributed by atoms with Gasteiger partial charge in [0.1, 0.15) is 0 Å². The Morgan fingerprint density at radius 2 is 1.90 bits per heavy atom. The minimum atomic E-state index is -0.488. The Balaban J connectivity index is 1.80. The second-order valence-corrected chi connectivity index (χ2v) is 7.32. The van der Waals surface area contributed by atoms with Crippen molar-refractivity contribution in [2.45, 2.75) is 12.3 Å². The number of oxazole rings is 1. The maximum atomic E-state index is 12.1. The molecular formula is C23H19N3O3. The summed E-state index contributed by atoms with van der Waals surface area (Å²) in [4.78, 5) is 20.9. The number of rotatable bonds is 4. The number of nitrogens with two attached hydrogens (primary N) is 1. The van der Waals surface area contributed by atoms with Crippen LogP contribution < -0.4 is 5.73 Å². The van der Waals surface area contributed by atoms with Gasteiger partial charge in [-0.3, -0.25) is 9.78 Å². The lowest BCUT2D eigenvalue weighted by Crippen LogP contribution is -2.49. The van der Waals surface area contributed by atoms with Crippen LogP contribution in [0.15, 0.2) is 65.3 Å². The van der Waals surface area contributed by atoms with Crippen molar-refractivity contribution < 1.29 is 13.9 Å². The molecule has 6 heteroatoms. The van der Waals surface area contributed by atoms with Crippen LogP contribution in [-0.2, 0) is 10.2 Å². The zero-order valence-corrected chi connectivity index (χ0v) is 15.9. The van der Waals surface area contributed by atoms with E-state index in [1.165, 1.54) is 0 Å². The Bertz CT molecular complexity index is 1240. The van der Waals surface area contributed by atoms with Crippen molar-refractivity contribution in [1.82, 2.24) is 9.97 Å². The molecule has 0 aliphatic carbocycles. The predicted molar refractivity (Wildman–Crippen MR) is 109 cm³/mol. The smallest absolute Gasteiger partial charge is 0.249 e. The van der Waals surface area contributed by atoms with E-state index >= 15 is 0 Å². The van der Waals surface area contributed by atoms with Crippen molar-refractivity contribution in [3.63, 3.8) is 0 Å². The second-order valence-electron chi connectivity index (χ2n) is 7.32. The first kappa shape index (κ1) is 17.6. The predicted octanol–water partition coefficient (Wildman–Crippen LogP) is 3.61. The maximum absolute atomic E-state index is 12.1. The number of fused-ring (bicyclic) bond motifs is 1. The van der Waals surface area contributed by atoms with E-state index in [-0.39, 0.29) is 0 Å². The Hall–Kier alpha value is -3.51. The van der Waals surface area contributed by atoms with E-state index in [0.29, 0.717) is 30.4 Å². The first-order valence-corrected chi connectivity index (χ1v) is 9.38. The summed E-state index contributed by atoms with van der Waals surface area (Å²) in [5, 5.41) is 1.01. The fourth-order valence-corrected chi connectivity index (χ4v) is 4.09. The third-order valence-corrected chi connectivity index (χ3v) is 5.55. The van der Waals surface area contributed by atoms with Crippen molar-refractivity contribution in [2.24, 2.45) is 5.73 Å². The molecule has 2 N–H and O–H groups in total. The molecule has 29 heavy (non-hydrogen) atoms. The van der Waals surface area contributed by atoms with Crippen molar-refractivity contribution in [1.29, 1.82) is 0 Å². The highest BCUT2D eigenvalue weighted by atomic mass is 16.5. The number of carbonyl (C=O) groups is 1. The van der Waals surface area contributed by atoms with Gasteiger partial charge in [-0.1, -0.05) is 24.3 Å². The average molecular weight is 385 g/mol. The van der Waals surface area contributed by atoms with Gasteiger partial charge < -0.3 is 14.9 Å². The van der Waals surface area contributed by atoms with E-state index in [9.17, 15) is 4.79 Å². The highest BCUT2D eigenvalue weighted by Gasteiger charge is 2.45. The molecule has 1 aliphatic heterocycles. The van der Waals surface area contributed by atoms with Gasteiger partial charge in [-0.05, 0) is 35.4 Å². The number of primary amides is 1. The lowest BCUT2D eigenvalue weighted by atomic mass is 9.69. The molecule has 1 amide bonds. The van der Waals surface area contributed by atoms with E-state index in [0.717, 1.165) is 27.6 Å². The van der Waals surface area contributed by atoms with Crippen LogP contribution >= 0.6 is 0 Å². The summed E-state index contributed by atoms with van der Waals surface area (Å²) in [6.07, 6.45) is 3.48. The summed E-state index contributed by atoms with van der Waals surface area (Å²) < 4.78 is 11.4. The van der Waals surface area contributed by atoms with Gasteiger partial charge in [-0.25, -0.2) is 4.98 Å². The highest BCUT2D eigenvalue weighted by Crippen LogP contribution is 2.44. The van der Waals surface area contributed by atoms with Crippen LogP contribution in [0.25, 0.3) is 22.2 Å². The first-order valence-electron chi connectivity index (χ1n) is 9.38. The number of amides is 1. The van der Waals surface area contributed by atoms with E-state index in [1.807, 2.05) is 43.3 Å². The van der Waals surface area contributed by atoms with Crippen LogP contribution in [0.2, 0.25) is 0 Å². The quantitative estimate of drug-likeness (QED) is 0.579. The molecule has 2 aromatic heterocycles. The zero-order valence-electron chi connectivity index (χ0n) is 15.9. The molecule has 0 saturated carbocycles. The van der Waals surface area contributed by atoms with Crippen molar-refractivity contribution >= 4 is 16.8 Å². The fraction of sp³-hybridized carbons (Fsp3) is 0.174. The molecule has 3 heterocycles. The number of hydrogen-bond donors (Lipinski definition) is 1. The lowest BCUT2D eigenvalue weighted by Gasteiger charge is -2.44. The van der Waals surface area contributed by atoms with E-state index in [2.05, 4.69) is 16.0 Å². The minimum Gasteiger partial charge on any atom is -0.441 e. The number of carbonyl (C=O) groups excluding carboxylic acids is 1.